The van der Waals surface area contributed by atoms with Crippen molar-refractivity contribution in [2.75, 3.05) is 26.9 Å². The lowest BCUT2D eigenvalue weighted by Crippen LogP contribution is -2.50. The minimum atomic E-state index is -0.873. The third-order valence-electron chi connectivity index (χ3n) is 3.14. The molecule has 0 bridgehead atoms. The molecule has 1 heterocycles. The summed E-state index contributed by atoms with van der Waals surface area (Å²) in [5, 5.41) is 18.5. The molecule has 0 aliphatic carbocycles. The number of carboxylic acid groups (broad SMARTS) is 1. The highest BCUT2D eigenvalue weighted by atomic mass is 16.5. The molecule has 0 radical (unpaired) electrons. The fourth-order valence-corrected chi connectivity index (χ4v) is 2.27. The van der Waals surface area contributed by atoms with E-state index in [1.807, 2.05) is 4.90 Å². The summed E-state index contributed by atoms with van der Waals surface area (Å²) in [6, 6.07) is -0.681. The molecule has 0 aromatic heterocycles. The largest absolute Gasteiger partial charge is 0.480 e. The Morgan fingerprint density at radius 3 is 2.81 bits per heavy atom. The first-order valence-corrected chi connectivity index (χ1v) is 5.79. The van der Waals surface area contributed by atoms with E-state index in [1.54, 1.807) is 0 Å². The van der Waals surface area contributed by atoms with Crippen LogP contribution >= 0.6 is 0 Å². The number of carbonyl (C=O) groups is 1. The standard InChI is InChI=1S/C11H21NO4/c1-16-8-10(11(14)15)12-6-4-2-3-5-9(12)7-13/h9-10,13H,2-8H2,1H3,(H,14,15). The van der Waals surface area contributed by atoms with Crippen LogP contribution in [0.2, 0.25) is 0 Å². The van der Waals surface area contributed by atoms with Crippen molar-refractivity contribution in [2.45, 2.75) is 37.8 Å². The van der Waals surface area contributed by atoms with Gasteiger partial charge in [0.2, 0.25) is 0 Å². The topological polar surface area (TPSA) is 70.0 Å². The number of nitrogens with zero attached hydrogens (tertiary/aromatic N) is 1. The minimum Gasteiger partial charge on any atom is -0.480 e. The number of methoxy groups -OCH3 is 1. The molecule has 0 aromatic rings. The van der Waals surface area contributed by atoms with Gasteiger partial charge in [-0.05, 0) is 19.4 Å². The van der Waals surface area contributed by atoms with Gasteiger partial charge < -0.3 is 14.9 Å². The van der Waals surface area contributed by atoms with Crippen LogP contribution in [0.3, 0.4) is 0 Å². The van der Waals surface area contributed by atoms with Gasteiger partial charge in [-0.3, -0.25) is 9.69 Å². The molecule has 0 aromatic carbocycles. The number of ether oxygens (including phenoxy) is 1. The molecule has 0 spiro atoms. The van der Waals surface area contributed by atoms with Gasteiger partial charge in [0.1, 0.15) is 6.04 Å². The normalized spacial score (nSPS) is 25.0. The molecule has 0 amide bonds. The lowest BCUT2D eigenvalue weighted by molar-refractivity contribution is -0.147. The van der Waals surface area contributed by atoms with E-state index in [9.17, 15) is 9.90 Å². The van der Waals surface area contributed by atoms with E-state index in [1.165, 1.54) is 7.11 Å². The predicted octanol–water partition coefficient (Wildman–Crippen LogP) is 0.323. The fraction of sp³-hybridized carbons (Fsp3) is 0.909. The van der Waals surface area contributed by atoms with Crippen molar-refractivity contribution < 1.29 is 19.7 Å². The highest BCUT2D eigenvalue weighted by Gasteiger charge is 2.31. The Hall–Kier alpha value is -0.650. The fourth-order valence-electron chi connectivity index (χ4n) is 2.27. The molecule has 2 unspecified atom stereocenters. The van der Waals surface area contributed by atoms with Crippen molar-refractivity contribution >= 4 is 5.97 Å². The predicted molar refractivity (Wildman–Crippen MR) is 59.3 cm³/mol. The summed E-state index contributed by atoms with van der Waals surface area (Å²) in [6.07, 6.45) is 4.02. The Labute approximate surface area is 96.0 Å². The number of hydrogen-bond donors (Lipinski definition) is 2. The molecule has 5 heteroatoms. The van der Waals surface area contributed by atoms with E-state index in [4.69, 9.17) is 9.84 Å². The molecular formula is C11H21NO4. The van der Waals surface area contributed by atoms with Crippen molar-refractivity contribution in [2.24, 2.45) is 0 Å². The monoisotopic (exact) mass is 231 g/mol. The number of hydrogen-bond acceptors (Lipinski definition) is 4. The van der Waals surface area contributed by atoms with Crippen molar-refractivity contribution in [1.29, 1.82) is 0 Å². The zero-order chi connectivity index (χ0) is 12.0. The van der Waals surface area contributed by atoms with E-state index < -0.39 is 12.0 Å². The van der Waals surface area contributed by atoms with E-state index in [2.05, 4.69) is 0 Å². The average molecular weight is 231 g/mol. The first kappa shape index (κ1) is 13.4. The van der Waals surface area contributed by atoms with Crippen molar-refractivity contribution in [3.63, 3.8) is 0 Å². The summed E-state index contributed by atoms with van der Waals surface area (Å²) in [5.41, 5.74) is 0. The number of likely N-dealkylation sites (tertiary alicyclic amines) is 1. The van der Waals surface area contributed by atoms with Crippen LogP contribution < -0.4 is 0 Å². The average Bonchev–Trinajstić information content (AvgIpc) is 2.50. The van der Waals surface area contributed by atoms with E-state index in [-0.39, 0.29) is 19.3 Å². The first-order valence-electron chi connectivity index (χ1n) is 5.79. The maximum Gasteiger partial charge on any atom is 0.323 e. The van der Waals surface area contributed by atoms with Crippen molar-refractivity contribution in [1.82, 2.24) is 4.90 Å². The lowest BCUT2D eigenvalue weighted by Gasteiger charge is -2.33. The first-order chi connectivity index (χ1) is 7.70. The number of carboxylic acids is 1. The number of aliphatic hydroxyl groups excluding tert-OH is 1. The van der Waals surface area contributed by atoms with Gasteiger partial charge in [0.15, 0.2) is 0 Å². The van der Waals surface area contributed by atoms with Crippen LogP contribution in [-0.2, 0) is 9.53 Å². The summed E-state index contributed by atoms with van der Waals surface area (Å²) < 4.78 is 4.95. The number of aliphatic carboxylic acids is 1. The van der Waals surface area contributed by atoms with Crippen LogP contribution in [0.25, 0.3) is 0 Å². The molecule has 1 rings (SSSR count). The van der Waals surface area contributed by atoms with Crippen LogP contribution in [0.5, 0.6) is 0 Å². The molecule has 16 heavy (non-hydrogen) atoms. The molecule has 2 atom stereocenters. The van der Waals surface area contributed by atoms with Crippen molar-refractivity contribution in [3.8, 4) is 0 Å². The van der Waals surface area contributed by atoms with Gasteiger partial charge in [0, 0.05) is 13.2 Å². The highest BCUT2D eigenvalue weighted by Crippen LogP contribution is 2.19. The lowest BCUT2D eigenvalue weighted by atomic mass is 10.1. The third kappa shape index (κ3) is 3.43. The second kappa shape index (κ2) is 6.83. The zero-order valence-electron chi connectivity index (χ0n) is 9.76. The smallest absolute Gasteiger partial charge is 0.323 e. The van der Waals surface area contributed by atoms with Crippen LogP contribution in [0, 0.1) is 0 Å². The molecule has 1 saturated heterocycles. The molecule has 1 fully saturated rings. The minimum absolute atomic E-state index is 0.0213. The maximum absolute atomic E-state index is 11.2. The summed E-state index contributed by atoms with van der Waals surface area (Å²) >= 11 is 0. The molecular weight excluding hydrogens is 210 g/mol. The SMILES string of the molecule is COCC(C(=O)O)N1CCCCCC1CO. The van der Waals surface area contributed by atoms with Gasteiger partial charge in [-0.15, -0.1) is 0 Å². The van der Waals surface area contributed by atoms with Crippen LogP contribution in [-0.4, -0.2) is 60.0 Å². The third-order valence-corrected chi connectivity index (χ3v) is 3.14. The maximum atomic E-state index is 11.2. The van der Waals surface area contributed by atoms with Gasteiger partial charge in [-0.25, -0.2) is 0 Å². The zero-order valence-corrected chi connectivity index (χ0v) is 9.76. The van der Waals surface area contributed by atoms with Crippen molar-refractivity contribution in [3.05, 3.63) is 0 Å². The van der Waals surface area contributed by atoms with Gasteiger partial charge in [-0.2, -0.15) is 0 Å². The summed E-state index contributed by atoms with van der Waals surface area (Å²) in [5.74, 6) is -0.873. The number of aliphatic hydroxyl groups is 1. The number of rotatable bonds is 5. The molecule has 5 nitrogen and oxygen atoms in total. The van der Waals surface area contributed by atoms with Gasteiger partial charge in [-0.1, -0.05) is 12.8 Å². The molecule has 1 aliphatic rings. The summed E-state index contributed by atoms with van der Waals surface area (Å²) in [7, 11) is 1.50. The molecule has 2 N–H and O–H groups in total. The van der Waals surface area contributed by atoms with E-state index in [0.29, 0.717) is 0 Å². The van der Waals surface area contributed by atoms with E-state index in [0.717, 1.165) is 32.2 Å². The van der Waals surface area contributed by atoms with Crippen LogP contribution in [0.1, 0.15) is 25.7 Å². The Bertz CT molecular complexity index is 222. The second-order valence-corrected chi connectivity index (χ2v) is 4.23. The Morgan fingerprint density at radius 1 is 1.50 bits per heavy atom. The second-order valence-electron chi connectivity index (χ2n) is 4.23. The Kier molecular flexibility index (Phi) is 5.73. The summed E-state index contributed by atoms with van der Waals surface area (Å²) in [6.45, 7) is 0.922. The molecule has 1 aliphatic heterocycles. The highest BCUT2D eigenvalue weighted by molar-refractivity contribution is 5.73. The van der Waals surface area contributed by atoms with Crippen LogP contribution in [0.15, 0.2) is 0 Å². The molecule has 94 valence electrons. The van der Waals surface area contributed by atoms with Crippen LogP contribution in [0.4, 0.5) is 0 Å². The van der Waals surface area contributed by atoms with Gasteiger partial charge in [0.25, 0.3) is 0 Å². The van der Waals surface area contributed by atoms with E-state index >= 15 is 0 Å². The van der Waals surface area contributed by atoms with Gasteiger partial charge >= 0.3 is 5.97 Å². The van der Waals surface area contributed by atoms with Gasteiger partial charge in [0.05, 0.1) is 13.2 Å². The Morgan fingerprint density at radius 2 is 2.25 bits per heavy atom. The quantitative estimate of drug-likeness (QED) is 0.713. The Balaban J connectivity index is 2.72. The summed E-state index contributed by atoms with van der Waals surface area (Å²) in [4.78, 5) is 13.0. The molecule has 0 saturated carbocycles.